The number of hydrogen-bond donors (Lipinski definition) is 1. The van der Waals surface area contributed by atoms with E-state index in [4.69, 9.17) is 23.8 Å². The number of nitrogens with zero attached hydrogens (tertiary/aromatic N) is 1. The van der Waals surface area contributed by atoms with E-state index in [2.05, 4.69) is 5.32 Å². The van der Waals surface area contributed by atoms with E-state index in [1.54, 1.807) is 14.2 Å². The van der Waals surface area contributed by atoms with Crippen molar-refractivity contribution < 1.29 is 33.4 Å². The number of methoxy groups -OCH3 is 2. The van der Waals surface area contributed by atoms with Crippen molar-refractivity contribution in [3.8, 4) is 0 Å². The molecule has 0 bridgehead atoms. The summed E-state index contributed by atoms with van der Waals surface area (Å²) in [4.78, 5) is 28.0. The van der Waals surface area contributed by atoms with Gasteiger partial charge in [-0.25, -0.2) is 4.79 Å². The SMILES string of the molecule is COCCC(COC)COCCCNCOCCCCC(=O)ON1CCCC1=O. The number of carbonyl (C=O) groups excluding carboxylic acids is 2. The third-order valence-electron chi connectivity index (χ3n) is 4.49. The first-order valence-corrected chi connectivity index (χ1v) is 10.5. The van der Waals surface area contributed by atoms with Gasteiger partial charge in [0.2, 0.25) is 0 Å². The lowest BCUT2D eigenvalue weighted by atomic mass is 10.1. The van der Waals surface area contributed by atoms with Gasteiger partial charge in [-0.2, -0.15) is 5.06 Å². The second-order valence-electron chi connectivity index (χ2n) is 7.10. The van der Waals surface area contributed by atoms with Crippen molar-refractivity contribution in [1.29, 1.82) is 0 Å². The molecule has 1 aliphatic heterocycles. The van der Waals surface area contributed by atoms with Crippen molar-refractivity contribution in [3.05, 3.63) is 0 Å². The zero-order valence-corrected chi connectivity index (χ0v) is 18.0. The lowest BCUT2D eigenvalue weighted by molar-refractivity contribution is -0.193. The Bertz CT molecular complexity index is 437. The molecular weight excluding hydrogens is 380 g/mol. The third-order valence-corrected chi connectivity index (χ3v) is 4.49. The van der Waals surface area contributed by atoms with E-state index in [1.807, 2.05) is 0 Å². The predicted molar refractivity (Wildman–Crippen MR) is 107 cm³/mol. The van der Waals surface area contributed by atoms with E-state index in [9.17, 15) is 9.59 Å². The number of nitrogens with one attached hydrogen (secondary N) is 1. The van der Waals surface area contributed by atoms with Gasteiger partial charge >= 0.3 is 5.97 Å². The monoisotopic (exact) mass is 418 g/mol. The minimum absolute atomic E-state index is 0.112. The number of carbonyl (C=O) groups is 2. The van der Waals surface area contributed by atoms with Crippen molar-refractivity contribution >= 4 is 11.9 Å². The molecule has 1 saturated heterocycles. The molecule has 170 valence electrons. The average Bonchev–Trinajstić information content (AvgIpc) is 3.11. The molecule has 0 aromatic carbocycles. The largest absolute Gasteiger partial charge is 0.385 e. The van der Waals surface area contributed by atoms with Crippen LogP contribution in [0.5, 0.6) is 0 Å². The van der Waals surface area contributed by atoms with Gasteiger partial charge in [0.1, 0.15) is 0 Å². The minimum atomic E-state index is -0.353. The highest BCUT2D eigenvalue weighted by Crippen LogP contribution is 2.11. The van der Waals surface area contributed by atoms with Gasteiger partial charge in [0.15, 0.2) is 0 Å². The second kappa shape index (κ2) is 17.6. The lowest BCUT2D eigenvalue weighted by Gasteiger charge is -2.15. The van der Waals surface area contributed by atoms with E-state index in [1.165, 1.54) is 5.06 Å². The summed E-state index contributed by atoms with van der Waals surface area (Å²) in [6.45, 7) is 5.17. The number of hydroxylamine groups is 2. The third kappa shape index (κ3) is 13.6. The molecule has 29 heavy (non-hydrogen) atoms. The highest BCUT2D eigenvalue weighted by molar-refractivity contribution is 5.79. The van der Waals surface area contributed by atoms with Gasteiger partial charge in [0.25, 0.3) is 5.91 Å². The first-order valence-electron chi connectivity index (χ1n) is 10.5. The maximum atomic E-state index is 11.6. The first kappa shape index (κ1) is 25.8. The minimum Gasteiger partial charge on any atom is -0.385 e. The van der Waals surface area contributed by atoms with Crippen molar-refractivity contribution in [2.75, 3.05) is 67.1 Å². The molecule has 1 fully saturated rings. The molecule has 0 spiro atoms. The molecule has 0 aromatic heterocycles. The second-order valence-corrected chi connectivity index (χ2v) is 7.10. The molecule has 1 amide bonds. The summed E-state index contributed by atoms with van der Waals surface area (Å²) in [6, 6.07) is 0. The van der Waals surface area contributed by atoms with Crippen LogP contribution in [0.4, 0.5) is 0 Å². The molecule has 1 N–H and O–H groups in total. The zero-order valence-electron chi connectivity index (χ0n) is 18.0. The van der Waals surface area contributed by atoms with Crippen LogP contribution >= 0.6 is 0 Å². The van der Waals surface area contributed by atoms with Crippen LogP contribution < -0.4 is 5.32 Å². The predicted octanol–water partition coefficient (Wildman–Crippen LogP) is 1.51. The van der Waals surface area contributed by atoms with Crippen LogP contribution in [0, 0.1) is 5.92 Å². The molecule has 1 unspecified atom stereocenters. The summed E-state index contributed by atoms with van der Waals surface area (Å²) in [5, 5.41) is 4.37. The van der Waals surface area contributed by atoms with E-state index in [0.29, 0.717) is 64.9 Å². The summed E-state index contributed by atoms with van der Waals surface area (Å²) in [5.41, 5.74) is 0. The Labute approximate surface area is 174 Å². The fraction of sp³-hybridized carbons (Fsp3) is 0.900. The van der Waals surface area contributed by atoms with Gasteiger partial charge < -0.3 is 23.8 Å². The van der Waals surface area contributed by atoms with Gasteiger partial charge in [0.05, 0.1) is 26.5 Å². The molecule has 9 heteroatoms. The number of amides is 1. The van der Waals surface area contributed by atoms with Crippen molar-refractivity contribution in [2.24, 2.45) is 5.92 Å². The van der Waals surface area contributed by atoms with Crippen LogP contribution in [-0.2, 0) is 33.4 Å². The molecule has 1 atom stereocenters. The average molecular weight is 419 g/mol. The Morgan fingerprint density at radius 3 is 2.62 bits per heavy atom. The summed E-state index contributed by atoms with van der Waals surface area (Å²) in [7, 11) is 3.40. The standard InChI is InChI=1S/C20H38N2O7/c1-25-14-9-18(15-26-2)16-27-13-6-10-21-17-28-12-4-3-8-20(24)29-22-11-5-7-19(22)23/h18,21H,3-17H2,1-2H3. The Balaban J connectivity index is 1.83. The van der Waals surface area contributed by atoms with Gasteiger partial charge in [0, 0.05) is 52.8 Å². The fourth-order valence-electron chi connectivity index (χ4n) is 2.86. The highest BCUT2D eigenvalue weighted by Gasteiger charge is 2.23. The van der Waals surface area contributed by atoms with Crippen LogP contribution in [0.2, 0.25) is 0 Å². The van der Waals surface area contributed by atoms with Crippen molar-refractivity contribution in [3.63, 3.8) is 0 Å². The van der Waals surface area contributed by atoms with Gasteiger partial charge in [-0.3, -0.25) is 10.1 Å². The summed E-state index contributed by atoms with van der Waals surface area (Å²) >= 11 is 0. The molecule has 1 aliphatic rings. The molecule has 0 saturated carbocycles. The Morgan fingerprint density at radius 2 is 1.90 bits per heavy atom. The van der Waals surface area contributed by atoms with Gasteiger partial charge in [-0.1, -0.05) is 0 Å². The quantitative estimate of drug-likeness (QED) is 0.249. The van der Waals surface area contributed by atoms with E-state index < -0.39 is 0 Å². The molecular formula is C20H38N2O7. The maximum Gasteiger partial charge on any atom is 0.332 e. The molecule has 0 aliphatic carbocycles. The summed E-state index contributed by atoms with van der Waals surface area (Å²) in [5.74, 6) is -0.100. The van der Waals surface area contributed by atoms with E-state index in [-0.39, 0.29) is 11.9 Å². The van der Waals surface area contributed by atoms with Crippen molar-refractivity contribution in [1.82, 2.24) is 10.4 Å². The summed E-state index contributed by atoms with van der Waals surface area (Å²) in [6.07, 6.45) is 4.81. The number of hydrogen-bond acceptors (Lipinski definition) is 8. The summed E-state index contributed by atoms with van der Waals surface area (Å²) < 4.78 is 21.5. The molecule has 1 heterocycles. The Hall–Kier alpha value is -1.26. The van der Waals surface area contributed by atoms with Crippen LogP contribution in [0.25, 0.3) is 0 Å². The molecule has 0 radical (unpaired) electrons. The topological polar surface area (TPSA) is 95.6 Å². The van der Waals surface area contributed by atoms with E-state index in [0.717, 1.165) is 38.8 Å². The van der Waals surface area contributed by atoms with Crippen LogP contribution in [0.3, 0.4) is 0 Å². The number of unbranched alkanes of at least 4 members (excludes halogenated alkanes) is 1. The molecule has 1 rings (SSSR count). The van der Waals surface area contributed by atoms with Crippen LogP contribution in [0.1, 0.15) is 44.9 Å². The highest BCUT2D eigenvalue weighted by atomic mass is 16.7. The Kier molecular flexibility index (Phi) is 15.6. The maximum absolute atomic E-state index is 11.6. The molecule has 0 aromatic rings. The Morgan fingerprint density at radius 1 is 1.07 bits per heavy atom. The zero-order chi connectivity index (χ0) is 21.2. The smallest absolute Gasteiger partial charge is 0.332 e. The first-order chi connectivity index (χ1) is 14.2. The van der Waals surface area contributed by atoms with Gasteiger partial charge in [-0.05, 0) is 38.6 Å². The fourth-order valence-corrected chi connectivity index (χ4v) is 2.86. The van der Waals surface area contributed by atoms with Crippen LogP contribution in [-0.4, -0.2) is 84.0 Å². The van der Waals surface area contributed by atoms with Crippen LogP contribution in [0.15, 0.2) is 0 Å². The van der Waals surface area contributed by atoms with E-state index >= 15 is 0 Å². The molecule has 9 nitrogen and oxygen atoms in total. The normalized spacial score (nSPS) is 15.1. The lowest BCUT2D eigenvalue weighted by Crippen LogP contribution is -2.28. The number of ether oxygens (including phenoxy) is 4. The number of rotatable bonds is 19. The van der Waals surface area contributed by atoms with Gasteiger partial charge in [-0.15, -0.1) is 0 Å². The van der Waals surface area contributed by atoms with Crippen molar-refractivity contribution in [2.45, 2.75) is 44.9 Å².